The first-order valence-electron chi connectivity index (χ1n) is 6.31. The van der Waals surface area contributed by atoms with Crippen LogP contribution >= 0.6 is 0 Å². The maximum atomic E-state index is 12.1. The van der Waals surface area contributed by atoms with Gasteiger partial charge in [0.2, 0.25) is 0 Å². The Labute approximate surface area is 119 Å². The summed E-state index contributed by atoms with van der Waals surface area (Å²) < 4.78 is 29.3. The Hall–Kier alpha value is -1.85. The Balaban J connectivity index is 2.17. The van der Waals surface area contributed by atoms with Crippen molar-refractivity contribution in [1.29, 1.82) is 0 Å². The molecule has 0 saturated heterocycles. The summed E-state index contributed by atoms with van der Waals surface area (Å²) in [6, 6.07) is 13.4. The molecule has 2 aromatic carbocycles. The second kappa shape index (κ2) is 6.07. The van der Waals surface area contributed by atoms with E-state index < -0.39 is 10.1 Å². The highest BCUT2D eigenvalue weighted by Crippen LogP contribution is 2.19. The van der Waals surface area contributed by atoms with Crippen molar-refractivity contribution in [1.82, 2.24) is 0 Å². The zero-order valence-corrected chi connectivity index (χ0v) is 12.1. The molecule has 0 aliphatic carbocycles. The van der Waals surface area contributed by atoms with Crippen molar-refractivity contribution in [3.05, 3.63) is 59.7 Å². The lowest BCUT2D eigenvalue weighted by Crippen LogP contribution is -2.09. The summed E-state index contributed by atoms with van der Waals surface area (Å²) in [6.07, 6.45) is 0.755. The number of hydrogen-bond donors (Lipinski definition) is 1. The van der Waals surface area contributed by atoms with Crippen LogP contribution in [0.5, 0.6) is 5.75 Å². The zero-order valence-electron chi connectivity index (χ0n) is 11.2. The summed E-state index contributed by atoms with van der Waals surface area (Å²) >= 11 is 0. The highest BCUT2D eigenvalue weighted by Gasteiger charge is 2.16. The van der Waals surface area contributed by atoms with Gasteiger partial charge in [0.15, 0.2) is 0 Å². The monoisotopic (exact) mass is 291 g/mol. The molecular weight excluding hydrogens is 274 g/mol. The van der Waals surface area contributed by atoms with Gasteiger partial charge < -0.3 is 9.92 Å². The third-order valence-corrected chi connectivity index (χ3v) is 4.13. The van der Waals surface area contributed by atoms with Crippen molar-refractivity contribution in [3.8, 4) is 5.75 Å². The molecule has 0 bridgehead atoms. The number of aryl methyl sites for hydroxylation is 1. The summed E-state index contributed by atoms with van der Waals surface area (Å²) in [6.45, 7) is 2.45. The maximum Gasteiger partial charge on any atom is 0.339 e. The highest BCUT2D eigenvalue weighted by molar-refractivity contribution is 7.87. The van der Waals surface area contributed by atoms with Crippen molar-refractivity contribution < 1.29 is 12.6 Å². The predicted molar refractivity (Wildman–Crippen MR) is 78.2 cm³/mol. The SMILES string of the molecule is Cc1ccc(S(=O)(=O)Oc2ccc(CCN)cc2)cc1. The fourth-order valence-corrected chi connectivity index (χ4v) is 2.69. The van der Waals surface area contributed by atoms with Crippen LogP contribution in [0.1, 0.15) is 11.1 Å². The summed E-state index contributed by atoms with van der Waals surface area (Å²) in [5.41, 5.74) is 7.51. The van der Waals surface area contributed by atoms with E-state index in [2.05, 4.69) is 0 Å². The van der Waals surface area contributed by atoms with Crippen LogP contribution < -0.4 is 9.92 Å². The Morgan fingerprint density at radius 2 is 1.60 bits per heavy atom. The van der Waals surface area contributed by atoms with Gasteiger partial charge in [-0.05, 0) is 49.7 Å². The molecule has 0 spiro atoms. The minimum absolute atomic E-state index is 0.147. The molecule has 0 heterocycles. The van der Waals surface area contributed by atoms with Gasteiger partial charge in [-0.1, -0.05) is 29.8 Å². The molecule has 4 nitrogen and oxygen atoms in total. The normalized spacial score (nSPS) is 11.3. The topological polar surface area (TPSA) is 69.4 Å². The summed E-state index contributed by atoms with van der Waals surface area (Å²) in [5.74, 6) is 0.298. The van der Waals surface area contributed by atoms with Crippen LogP contribution in [-0.4, -0.2) is 15.0 Å². The van der Waals surface area contributed by atoms with Crippen molar-refractivity contribution in [2.45, 2.75) is 18.2 Å². The molecule has 0 aliphatic rings. The molecule has 2 rings (SSSR count). The van der Waals surface area contributed by atoms with E-state index in [9.17, 15) is 8.42 Å². The molecule has 0 saturated carbocycles. The average Bonchev–Trinajstić information content (AvgIpc) is 2.41. The smallest absolute Gasteiger partial charge is 0.339 e. The molecule has 0 fully saturated rings. The van der Waals surface area contributed by atoms with Gasteiger partial charge in [0, 0.05) is 0 Å². The maximum absolute atomic E-state index is 12.1. The van der Waals surface area contributed by atoms with E-state index in [4.69, 9.17) is 9.92 Å². The van der Waals surface area contributed by atoms with Crippen LogP contribution in [0.4, 0.5) is 0 Å². The Kier molecular flexibility index (Phi) is 4.42. The third-order valence-electron chi connectivity index (χ3n) is 2.87. The van der Waals surface area contributed by atoms with Crippen LogP contribution in [0, 0.1) is 6.92 Å². The van der Waals surface area contributed by atoms with E-state index in [0.717, 1.165) is 17.5 Å². The van der Waals surface area contributed by atoms with E-state index in [1.165, 1.54) is 12.1 Å². The molecule has 0 aliphatic heterocycles. The largest absolute Gasteiger partial charge is 0.379 e. The number of benzene rings is 2. The van der Waals surface area contributed by atoms with Crippen molar-refractivity contribution in [2.75, 3.05) is 6.54 Å². The van der Waals surface area contributed by atoms with Crippen LogP contribution in [0.2, 0.25) is 0 Å². The first kappa shape index (κ1) is 14.6. The van der Waals surface area contributed by atoms with Crippen LogP contribution in [0.15, 0.2) is 53.4 Å². The van der Waals surface area contributed by atoms with Gasteiger partial charge in [0.25, 0.3) is 0 Å². The second-order valence-electron chi connectivity index (χ2n) is 4.53. The molecule has 0 radical (unpaired) electrons. The fourth-order valence-electron chi connectivity index (χ4n) is 1.76. The molecule has 20 heavy (non-hydrogen) atoms. The van der Waals surface area contributed by atoms with Gasteiger partial charge in [0.1, 0.15) is 10.6 Å². The summed E-state index contributed by atoms with van der Waals surface area (Å²) in [7, 11) is -3.78. The molecule has 2 aromatic rings. The van der Waals surface area contributed by atoms with Crippen LogP contribution in [0.3, 0.4) is 0 Å². The lowest BCUT2D eigenvalue weighted by atomic mass is 10.1. The van der Waals surface area contributed by atoms with E-state index in [0.29, 0.717) is 12.3 Å². The quantitative estimate of drug-likeness (QED) is 0.858. The summed E-state index contributed by atoms with van der Waals surface area (Å²) in [4.78, 5) is 0.147. The van der Waals surface area contributed by atoms with Crippen molar-refractivity contribution in [3.63, 3.8) is 0 Å². The molecule has 0 unspecified atom stereocenters. The average molecular weight is 291 g/mol. The van der Waals surface area contributed by atoms with Crippen LogP contribution in [0.25, 0.3) is 0 Å². The third kappa shape index (κ3) is 3.59. The summed E-state index contributed by atoms with van der Waals surface area (Å²) in [5, 5.41) is 0. The first-order chi connectivity index (χ1) is 9.51. The molecule has 106 valence electrons. The number of nitrogens with two attached hydrogens (primary N) is 1. The zero-order chi connectivity index (χ0) is 14.6. The minimum Gasteiger partial charge on any atom is -0.379 e. The molecule has 0 atom stereocenters. The van der Waals surface area contributed by atoms with Gasteiger partial charge in [-0.3, -0.25) is 0 Å². The highest BCUT2D eigenvalue weighted by atomic mass is 32.2. The fraction of sp³-hybridized carbons (Fsp3) is 0.200. The molecule has 5 heteroatoms. The standard InChI is InChI=1S/C15H17NO3S/c1-12-2-8-15(9-3-12)20(17,18)19-14-6-4-13(5-7-14)10-11-16/h2-9H,10-11,16H2,1H3. The van der Waals surface area contributed by atoms with Gasteiger partial charge in [-0.25, -0.2) is 0 Å². The lowest BCUT2D eigenvalue weighted by molar-refractivity contribution is 0.486. The van der Waals surface area contributed by atoms with Gasteiger partial charge in [-0.15, -0.1) is 0 Å². The van der Waals surface area contributed by atoms with E-state index in [1.54, 1.807) is 24.3 Å². The Morgan fingerprint density at radius 1 is 1.00 bits per heavy atom. The van der Waals surface area contributed by atoms with Crippen molar-refractivity contribution in [2.24, 2.45) is 5.73 Å². The van der Waals surface area contributed by atoms with Gasteiger partial charge >= 0.3 is 10.1 Å². The Bertz CT molecular complexity index is 661. The number of hydrogen-bond acceptors (Lipinski definition) is 4. The molecule has 0 aromatic heterocycles. The van der Waals surface area contributed by atoms with E-state index in [1.807, 2.05) is 19.1 Å². The Morgan fingerprint density at radius 3 is 2.15 bits per heavy atom. The first-order valence-corrected chi connectivity index (χ1v) is 7.72. The van der Waals surface area contributed by atoms with Crippen LogP contribution in [-0.2, 0) is 16.5 Å². The van der Waals surface area contributed by atoms with E-state index in [-0.39, 0.29) is 4.90 Å². The van der Waals surface area contributed by atoms with Crippen molar-refractivity contribution >= 4 is 10.1 Å². The minimum atomic E-state index is -3.78. The van der Waals surface area contributed by atoms with Gasteiger partial charge in [0.05, 0.1) is 0 Å². The van der Waals surface area contributed by atoms with Gasteiger partial charge in [-0.2, -0.15) is 8.42 Å². The second-order valence-corrected chi connectivity index (χ2v) is 6.08. The molecular formula is C15H17NO3S. The molecule has 0 amide bonds. The molecule has 2 N–H and O–H groups in total. The number of rotatable bonds is 5. The predicted octanol–water partition coefficient (Wildman–Crippen LogP) is 2.26. The van der Waals surface area contributed by atoms with E-state index >= 15 is 0 Å². The lowest BCUT2D eigenvalue weighted by Gasteiger charge is -2.08.